The van der Waals surface area contributed by atoms with Gasteiger partial charge in [-0.1, -0.05) is 30.3 Å². The minimum Gasteiger partial charge on any atom is -1.00 e. The molecule has 96 valence electrons. The lowest BCUT2D eigenvalue weighted by atomic mass is 10.1. The van der Waals surface area contributed by atoms with Crippen LogP contribution in [0.3, 0.4) is 0 Å². The Labute approximate surface area is 120 Å². The first-order valence-electron chi connectivity index (χ1n) is 6.14. The quantitative estimate of drug-likeness (QED) is 0.712. The molecule has 1 heterocycles. The maximum Gasteiger partial charge on any atom is 0.181 e. The number of hydrogen-bond acceptors (Lipinski definition) is 0. The lowest BCUT2D eigenvalue weighted by Gasteiger charge is -2.12. The van der Waals surface area contributed by atoms with Gasteiger partial charge in [0.15, 0.2) is 17.4 Å². The summed E-state index contributed by atoms with van der Waals surface area (Å²) >= 11 is 0. The highest BCUT2D eigenvalue weighted by molar-refractivity contribution is 5.18. The molecule has 2 heteroatoms. The average molecular weight is 306 g/mol. The molecule has 0 saturated heterocycles. The predicted molar refractivity (Wildman–Crippen MR) is 71.1 cm³/mol. The standard InChI is InChI=1S/C16H20N.BrH/c1-12-10-13(2)17(14(3)11-12)15(4)16-8-6-5-7-9-16;/h5-11,15H,1-4H3;1H/q+1;/p-1. The molecule has 1 unspecified atom stereocenters. The van der Waals surface area contributed by atoms with Gasteiger partial charge in [-0.2, -0.15) is 4.57 Å². The molecule has 2 rings (SSSR count). The van der Waals surface area contributed by atoms with Gasteiger partial charge in [-0.05, 0) is 12.5 Å². The highest BCUT2D eigenvalue weighted by atomic mass is 79.9. The first-order chi connectivity index (χ1) is 8.09. The molecule has 1 aromatic carbocycles. The first-order valence-corrected chi connectivity index (χ1v) is 6.14. The first kappa shape index (κ1) is 14.9. The van der Waals surface area contributed by atoms with E-state index in [1.807, 2.05) is 0 Å². The van der Waals surface area contributed by atoms with Crippen molar-refractivity contribution in [2.45, 2.75) is 33.7 Å². The molecule has 0 saturated carbocycles. The molecule has 0 aliphatic heterocycles. The van der Waals surface area contributed by atoms with Crippen molar-refractivity contribution in [1.29, 1.82) is 0 Å². The van der Waals surface area contributed by atoms with Crippen LogP contribution in [0.15, 0.2) is 42.5 Å². The monoisotopic (exact) mass is 305 g/mol. The van der Waals surface area contributed by atoms with E-state index in [1.165, 1.54) is 22.5 Å². The average Bonchev–Trinajstić information content (AvgIpc) is 2.28. The summed E-state index contributed by atoms with van der Waals surface area (Å²) in [6, 6.07) is 15.5. The van der Waals surface area contributed by atoms with Crippen molar-refractivity contribution in [1.82, 2.24) is 0 Å². The van der Waals surface area contributed by atoms with E-state index in [0.717, 1.165) is 0 Å². The minimum atomic E-state index is 0. The Hall–Kier alpha value is -1.15. The van der Waals surface area contributed by atoms with Crippen LogP contribution in [0.5, 0.6) is 0 Å². The van der Waals surface area contributed by atoms with Crippen molar-refractivity contribution < 1.29 is 21.5 Å². The van der Waals surface area contributed by atoms with Gasteiger partial charge in [0.2, 0.25) is 0 Å². The van der Waals surface area contributed by atoms with E-state index >= 15 is 0 Å². The van der Waals surface area contributed by atoms with Crippen molar-refractivity contribution in [3.05, 3.63) is 65.0 Å². The second-order valence-electron chi connectivity index (χ2n) is 4.77. The summed E-state index contributed by atoms with van der Waals surface area (Å²) in [5.74, 6) is 0. The maximum atomic E-state index is 2.39. The summed E-state index contributed by atoms with van der Waals surface area (Å²) in [5, 5.41) is 0. The molecule has 0 radical (unpaired) electrons. The third-order valence-electron chi connectivity index (χ3n) is 3.30. The van der Waals surface area contributed by atoms with Gasteiger partial charge in [0.05, 0.1) is 0 Å². The van der Waals surface area contributed by atoms with E-state index in [1.54, 1.807) is 0 Å². The van der Waals surface area contributed by atoms with Gasteiger partial charge in [0.25, 0.3) is 0 Å². The van der Waals surface area contributed by atoms with Gasteiger partial charge >= 0.3 is 0 Å². The maximum absolute atomic E-state index is 2.39. The Balaban J connectivity index is 0.00000162. The number of pyridine rings is 1. The van der Waals surface area contributed by atoms with Crippen molar-refractivity contribution in [2.75, 3.05) is 0 Å². The van der Waals surface area contributed by atoms with Crippen LogP contribution in [0.1, 0.15) is 35.5 Å². The minimum absolute atomic E-state index is 0. The summed E-state index contributed by atoms with van der Waals surface area (Å²) in [6.45, 7) is 8.76. The SMILES string of the molecule is Cc1cc(C)[n+](C(C)c2ccccc2)c(C)c1.[Br-]. The summed E-state index contributed by atoms with van der Waals surface area (Å²) in [5.41, 5.74) is 5.32. The Bertz CT molecular complexity index is 497. The van der Waals surface area contributed by atoms with Crippen LogP contribution in [0.25, 0.3) is 0 Å². The number of aryl methyl sites for hydroxylation is 3. The molecule has 18 heavy (non-hydrogen) atoms. The van der Waals surface area contributed by atoms with Gasteiger partial charge in [0, 0.05) is 38.5 Å². The summed E-state index contributed by atoms with van der Waals surface area (Å²) in [4.78, 5) is 0. The smallest absolute Gasteiger partial charge is 0.181 e. The lowest BCUT2D eigenvalue weighted by Crippen LogP contribution is -3.00. The number of aromatic nitrogens is 1. The van der Waals surface area contributed by atoms with Crippen LogP contribution in [0.2, 0.25) is 0 Å². The molecule has 0 fully saturated rings. The van der Waals surface area contributed by atoms with Crippen molar-refractivity contribution in [3.8, 4) is 0 Å². The van der Waals surface area contributed by atoms with Gasteiger partial charge in [-0.3, -0.25) is 0 Å². The summed E-state index contributed by atoms with van der Waals surface area (Å²) < 4.78 is 2.39. The third kappa shape index (κ3) is 2.99. The fourth-order valence-electron chi connectivity index (χ4n) is 2.61. The fourth-order valence-corrected chi connectivity index (χ4v) is 2.61. The number of benzene rings is 1. The van der Waals surface area contributed by atoms with E-state index in [9.17, 15) is 0 Å². The molecule has 0 aliphatic carbocycles. The third-order valence-corrected chi connectivity index (χ3v) is 3.30. The lowest BCUT2D eigenvalue weighted by molar-refractivity contribution is -0.721. The Morgan fingerprint density at radius 3 is 1.89 bits per heavy atom. The van der Waals surface area contributed by atoms with Crippen LogP contribution >= 0.6 is 0 Å². The van der Waals surface area contributed by atoms with Gasteiger partial charge in [-0.15, -0.1) is 0 Å². The highest BCUT2D eigenvalue weighted by Gasteiger charge is 2.20. The van der Waals surface area contributed by atoms with Crippen LogP contribution in [0.4, 0.5) is 0 Å². The Morgan fingerprint density at radius 1 is 0.889 bits per heavy atom. The zero-order valence-corrected chi connectivity index (χ0v) is 13.0. The Kier molecular flexibility index (Phi) is 5.09. The number of hydrogen-bond donors (Lipinski definition) is 0. The van der Waals surface area contributed by atoms with Gasteiger partial charge < -0.3 is 17.0 Å². The molecular weight excluding hydrogens is 286 g/mol. The second kappa shape index (κ2) is 6.14. The summed E-state index contributed by atoms with van der Waals surface area (Å²) in [7, 11) is 0. The van der Waals surface area contributed by atoms with Crippen molar-refractivity contribution in [3.63, 3.8) is 0 Å². The molecule has 0 N–H and O–H groups in total. The van der Waals surface area contributed by atoms with Gasteiger partial charge in [0.1, 0.15) is 0 Å². The van der Waals surface area contributed by atoms with Crippen LogP contribution < -0.4 is 21.5 Å². The van der Waals surface area contributed by atoms with E-state index in [2.05, 4.69) is 74.7 Å². The zero-order chi connectivity index (χ0) is 12.4. The van der Waals surface area contributed by atoms with Crippen LogP contribution in [-0.2, 0) is 0 Å². The Morgan fingerprint density at radius 2 is 1.39 bits per heavy atom. The molecule has 1 atom stereocenters. The molecule has 1 aromatic heterocycles. The largest absolute Gasteiger partial charge is 1.00 e. The van der Waals surface area contributed by atoms with Crippen LogP contribution in [-0.4, -0.2) is 0 Å². The highest BCUT2D eigenvalue weighted by Crippen LogP contribution is 2.14. The molecule has 0 bridgehead atoms. The molecule has 2 aromatic rings. The number of halogens is 1. The zero-order valence-electron chi connectivity index (χ0n) is 11.4. The van der Waals surface area contributed by atoms with E-state index < -0.39 is 0 Å². The van der Waals surface area contributed by atoms with Crippen LogP contribution in [0, 0.1) is 20.8 Å². The molecule has 0 spiro atoms. The van der Waals surface area contributed by atoms with Gasteiger partial charge in [-0.25, -0.2) is 0 Å². The molecular formula is C16H20BrN. The number of rotatable bonds is 2. The van der Waals surface area contributed by atoms with Crippen molar-refractivity contribution >= 4 is 0 Å². The molecule has 0 aliphatic rings. The number of nitrogens with zero attached hydrogens (tertiary/aromatic N) is 1. The predicted octanol–water partition coefficient (Wildman–Crippen LogP) is 0.513. The topological polar surface area (TPSA) is 3.88 Å². The van der Waals surface area contributed by atoms with E-state index in [4.69, 9.17) is 0 Å². The molecule has 1 nitrogen and oxygen atoms in total. The van der Waals surface area contributed by atoms with E-state index in [0.29, 0.717) is 6.04 Å². The van der Waals surface area contributed by atoms with E-state index in [-0.39, 0.29) is 17.0 Å². The van der Waals surface area contributed by atoms with Crippen molar-refractivity contribution in [2.24, 2.45) is 0 Å². The molecule has 0 amide bonds. The normalized spacial score (nSPS) is 11.8. The second-order valence-corrected chi connectivity index (χ2v) is 4.77. The fraction of sp³-hybridized carbons (Fsp3) is 0.312. The summed E-state index contributed by atoms with van der Waals surface area (Å²) in [6.07, 6.45) is 0.